The molecule has 1 aromatic heterocycles. The zero-order valence-electron chi connectivity index (χ0n) is 12.1. The van der Waals surface area contributed by atoms with Crippen molar-refractivity contribution in [2.24, 2.45) is 0 Å². The van der Waals surface area contributed by atoms with Crippen molar-refractivity contribution in [3.63, 3.8) is 0 Å². The Balaban J connectivity index is 2.26. The minimum atomic E-state index is -0.268. The third-order valence-corrected chi connectivity index (χ3v) is 5.38. The van der Waals surface area contributed by atoms with E-state index in [1.54, 1.807) is 23.5 Å². The maximum absolute atomic E-state index is 14.0. The van der Waals surface area contributed by atoms with Crippen LogP contribution in [0.3, 0.4) is 0 Å². The first-order chi connectivity index (χ1) is 10.0. The second-order valence-corrected chi connectivity index (χ2v) is 6.77. The highest BCUT2D eigenvalue weighted by molar-refractivity contribution is 7.10. The molecule has 0 saturated heterocycles. The average molecular weight is 346 g/mol. The van der Waals surface area contributed by atoms with Gasteiger partial charge in [-0.3, -0.25) is 0 Å². The fourth-order valence-corrected chi connectivity index (χ4v) is 3.73. The van der Waals surface area contributed by atoms with Gasteiger partial charge >= 0.3 is 0 Å². The summed E-state index contributed by atoms with van der Waals surface area (Å²) in [6.45, 7) is 4.96. The molecule has 1 unspecified atom stereocenters. The molecule has 0 aliphatic carbocycles. The monoisotopic (exact) mass is 345 g/mol. The van der Waals surface area contributed by atoms with Gasteiger partial charge in [0.25, 0.3) is 0 Å². The molecule has 1 atom stereocenters. The van der Waals surface area contributed by atoms with E-state index in [9.17, 15) is 4.39 Å². The molecule has 1 aromatic carbocycles. The summed E-state index contributed by atoms with van der Waals surface area (Å²) in [5.74, 6) is -0.268. The van der Waals surface area contributed by atoms with Gasteiger partial charge in [-0.1, -0.05) is 36.2 Å². The number of benzene rings is 1. The van der Waals surface area contributed by atoms with Crippen LogP contribution in [-0.2, 0) is 6.42 Å². The number of halogens is 3. The molecule has 1 heterocycles. The Bertz CT molecular complexity index is 612. The number of thiophene rings is 1. The van der Waals surface area contributed by atoms with Crippen molar-refractivity contribution in [1.29, 1.82) is 0 Å². The zero-order valence-corrected chi connectivity index (χ0v) is 14.4. The van der Waals surface area contributed by atoms with E-state index in [0.717, 1.165) is 28.4 Å². The SMILES string of the molecule is CCCNC(Cc1ccc(Cl)cc1F)c1scc(C)c1Cl. The van der Waals surface area contributed by atoms with Gasteiger partial charge in [0.15, 0.2) is 0 Å². The molecule has 0 aliphatic heterocycles. The molecule has 1 nitrogen and oxygen atoms in total. The summed E-state index contributed by atoms with van der Waals surface area (Å²) >= 11 is 13.8. The molecule has 0 bridgehead atoms. The van der Waals surface area contributed by atoms with Crippen LogP contribution in [0.2, 0.25) is 10.0 Å². The Kier molecular flexibility index (Phi) is 6.06. The lowest BCUT2D eigenvalue weighted by Gasteiger charge is -2.18. The van der Waals surface area contributed by atoms with E-state index in [4.69, 9.17) is 23.2 Å². The normalized spacial score (nSPS) is 12.6. The molecular weight excluding hydrogens is 328 g/mol. The van der Waals surface area contributed by atoms with Gasteiger partial charge < -0.3 is 5.32 Å². The van der Waals surface area contributed by atoms with E-state index < -0.39 is 0 Å². The van der Waals surface area contributed by atoms with E-state index in [-0.39, 0.29) is 11.9 Å². The standard InChI is InChI=1S/C16H18Cl2FNS/c1-3-6-20-14(16-15(18)10(2)9-21-16)7-11-4-5-12(17)8-13(11)19/h4-5,8-9,14,20H,3,6-7H2,1-2H3. The molecular formula is C16H18Cl2FNS. The van der Waals surface area contributed by atoms with E-state index in [1.807, 2.05) is 12.3 Å². The molecule has 2 aromatic rings. The van der Waals surface area contributed by atoms with Crippen molar-refractivity contribution >= 4 is 34.5 Å². The van der Waals surface area contributed by atoms with Crippen LogP contribution in [0.25, 0.3) is 0 Å². The molecule has 2 rings (SSSR count). The third-order valence-electron chi connectivity index (χ3n) is 3.32. The first kappa shape index (κ1) is 16.8. The predicted octanol–water partition coefficient (Wildman–Crippen LogP) is 5.79. The topological polar surface area (TPSA) is 12.0 Å². The number of rotatable bonds is 6. The molecule has 1 N–H and O–H groups in total. The van der Waals surface area contributed by atoms with Crippen LogP contribution in [-0.4, -0.2) is 6.54 Å². The summed E-state index contributed by atoms with van der Waals surface area (Å²) in [6.07, 6.45) is 1.57. The highest BCUT2D eigenvalue weighted by atomic mass is 35.5. The van der Waals surface area contributed by atoms with E-state index >= 15 is 0 Å². The quantitative estimate of drug-likeness (QED) is 0.698. The molecule has 0 radical (unpaired) electrons. The molecule has 0 fully saturated rings. The van der Waals surface area contributed by atoms with Crippen molar-refractivity contribution in [3.8, 4) is 0 Å². The Morgan fingerprint density at radius 2 is 2.10 bits per heavy atom. The van der Waals surface area contributed by atoms with Gasteiger partial charge in [-0.25, -0.2) is 4.39 Å². The predicted molar refractivity (Wildman–Crippen MR) is 90.2 cm³/mol. The number of hydrogen-bond donors (Lipinski definition) is 1. The van der Waals surface area contributed by atoms with Crippen LogP contribution in [0.4, 0.5) is 4.39 Å². The van der Waals surface area contributed by atoms with Gasteiger partial charge in [-0.05, 0) is 54.9 Å². The fourth-order valence-electron chi connectivity index (χ4n) is 2.17. The van der Waals surface area contributed by atoms with E-state index in [0.29, 0.717) is 17.0 Å². The van der Waals surface area contributed by atoms with Crippen molar-refractivity contribution in [2.75, 3.05) is 6.54 Å². The van der Waals surface area contributed by atoms with Gasteiger partial charge in [0.1, 0.15) is 5.82 Å². The Morgan fingerprint density at radius 3 is 2.67 bits per heavy atom. The lowest BCUT2D eigenvalue weighted by molar-refractivity contribution is 0.519. The highest BCUT2D eigenvalue weighted by Crippen LogP contribution is 2.34. The lowest BCUT2D eigenvalue weighted by atomic mass is 10.0. The second-order valence-electron chi connectivity index (χ2n) is 5.04. The zero-order chi connectivity index (χ0) is 15.4. The molecule has 0 spiro atoms. The first-order valence-electron chi connectivity index (χ1n) is 6.93. The highest BCUT2D eigenvalue weighted by Gasteiger charge is 2.19. The van der Waals surface area contributed by atoms with E-state index in [1.165, 1.54) is 6.07 Å². The third kappa shape index (κ3) is 4.19. The number of hydrogen-bond acceptors (Lipinski definition) is 2. The lowest BCUT2D eigenvalue weighted by Crippen LogP contribution is -2.24. The Labute approximate surface area is 139 Å². The van der Waals surface area contributed by atoms with Crippen LogP contribution < -0.4 is 5.32 Å². The van der Waals surface area contributed by atoms with Gasteiger partial charge in [0, 0.05) is 15.9 Å². The smallest absolute Gasteiger partial charge is 0.127 e. The van der Waals surface area contributed by atoms with Gasteiger partial charge in [0.05, 0.1) is 5.02 Å². The van der Waals surface area contributed by atoms with Crippen molar-refractivity contribution in [1.82, 2.24) is 5.32 Å². The average Bonchev–Trinajstić information content (AvgIpc) is 2.77. The Morgan fingerprint density at radius 1 is 1.33 bits per heavy atom. The summed E-state index contributed by atoms with van der Waals surface area (Å²) in [5, 5.41) is 6.69. The van der Waals surface area contributed by atoms with Gasteiger partial charge in [-0.2, -0.15) is 0 Å². The molecule has 5 heteroatoms. The molecule has 0 saturated carbocycles. The maximum atomic E-state index is 14.0. The van der Waals surface area contributed by atoms with Crippen molar-refractivity contribution in [3.05, 3.63) is 55.4 Å². The molecule has 0 amide bonds. The Hall–Kier alpha value is -0.610. The first-order valence-corrected chi connectivity index (χ1v) is 8.57. The largest absolute Gasteiger partial charge is 0.309 e. The van der Waals surface area contributed by atoms with Gasteiger partial charge in [-0.15, -0.1) is 11.3 Å². The van der Waals surface area contributed by atoms with Crippen LogP contribution >= 0.6 is 34.5 Å². The maximum Gasteiger partial charge on any atom is 0.127 e. The summed E-state index contributed by atoms with van der Waals surface area (Å²) in [6, 6.07) is 4.84. The number of aryl methyl sites for hydroxylation is 1. The fraction of sp³-hybridized carbons (Fsp3) is 0.375. The summed E-state index contributed by atoms with van der Waals surface area (Å²) < 4.78 is 14.0. The minimum Gasteiger partial charge on any atom is -0.309 e. The second kappa shape index (κ2) is 7.59. The van der Waals surface area contributed by atoms with Crippen LogP contribution in [0.5, 0.6) is 0 Å². The summed E-state index contributed by atoms with van der Waals surface area (Å²) in [5.41, 5.74) is 1.71. The minimum absolute atomic E-state index is 0.0202. The molecule has 21 heavy (non-hydrogen) atoms. The van der Waals surface area contributed by atoms with Crippen molar-refractivity contribution < 1.29 is 4.39 Å². The van der Waals surface area contributed by atoms with Crippen LogP contribution in [0.15, 0.2) is 23.6 Å². The summed E-state index contributed by atoms with van der Waals surface area (Å²) in [7, 11) is 0. The van der Waals surface area contributed by atoms with E-state index in [2.05, 4.69) is 12.2 Å². The molecule has 0 aliphatic rings. The van der Waals surface area contributed by atoms with Crippen LogP contribution in [0.1, 0.15) is 35.4 Å². The van der Waals surface area contributed by atoms with Crippen molar-refractivity contribution in [2.45, 2.75) is 32.7 Å². The van der Waals surface area contributed by atoms with Crippen LogP contribution in [0, 0.1) is 12.7 Å². The van der Waals surface area contributed by atoms with Gasteiger partial charge in [0.2, 0.25) is 0 Å². The molecule has 114 valence electrons. The summed E-state index contributed by atoms with van der Waals surface area (Å²) in [4.78, 5) is 1.07. The number of nitrogens with one attached hydrogen (secondary N) is 1.